The van der Waals surface area contributed by atoms with Crippen molar-refractivity contribution in [3.63, 3.8) is 0 Å². The Labute approximate surface area is 113 Å². The predicted molar refractivity (Wildman–Crippen MR) is 72.7 cm³/mol. The van der Waals surface area contributed by atoms with Gasteiger partial charge in [-0.1, -0.05) is 0 Å². The van der Waals surface area contributed by atoms with E-state index in [1.807, 2.05) is 6.07 Å². The molecule has 4 nitrogen and oxygen atoms in total. The van der Waals surface area contributed by atoms with Crippen LogP contribution in [0.2, 0.25) is 0 Å². The third kappa shape index (κ3) is 2.68. The van der Waals surface area contributed by atoms with E-state index in [0.717, 1.165) is 44.4 Å². The fraction of sp³-hybridized carbons (Fsp3) is 0.667. The highest BCUT2D eigenvalue weighted by Crippen LogP contribution is 2.31. The minimum absolute atomic E-state index is 0.153. The summed E-state index contributed by atoms with van der Waals surface area (Å²) in [5.74, 6) is 1.43. The zero-order valence-electron chi connectivity index (χ0n) is 11.4. The van der Waals surface area contributed by atoms with E-state index in [2.05, 4.69) is 17.6 Å². The van der Waals surface area contributed by atoms with Crippen LogP contribution < -0.4 is 10.6 Å². The van der Waals surface area contributed by atoms with Crippen LogP contribution >= 0.6 is 0 Å². The van der Waals surface area contributed by atoms with E-state index in [1.54, 1.807) is 6.26 Å². The number of aryl methyl sites for hydroxylation is 1. The minimum Gasteiger partial charge on any atom is -0.469 e. The zero-order chi connectivity index (χ0) is 13.2. The van der Waals surface area contributed by atoms with Crippen LogP contribution in [-0.2, 0) is 11.2 Å². The van der Waals surface area contributed by atoms with E-state index in [9.17, 15) is 4.79 Å². The van der Waals surface area contributed by atoms with E-state index >= 15 is 0 Å². The number of furan rings is 1. The summed E-state index contributed by atoms with van der Waals surface area (Å²) in [6.45, 7) is 3.09. The lowest BCUT2D eigenvalue weighted by Gasteiger charge is -2.30. The molecule has 0 aromatic carbocycles. The molecule has 3 atom stereocenters. The largest absolute Gasteiger partial charge is 0.469 e. The molecule has 1 aliphatic heterocycles. The van der Waals surface area contributed by atoms with Gasteiger partial charge in [0.05, 0.1) is 12.3 Å². The Bertz CT molecular complexity index is 455. The van der Waals surface area contributed by atoms with E-state index in [0.29, 0.717) is 6.04 Å². The van der Waals surface area contributed by atoms with Crippen molar-refractivity contribution in [2.24, 2.45) is 5.92 Å². The maximum Gasteiger partial charge on any atom is 0.223 e. The third-order valence-corrected chi connectivity index (χ3v) is 4.36. The van der Waals surface area contributed by atoms with Crippen molar-refractivity contribution in [2.75, 3.05) is 6.54 Å². The third-order valence-electron chi connectivity index (χ3n) is 4.36. The average molecular weight is 262 g/mol. The smallest absolute Gasteiger partial charge is 0.223 e. The van der Waals surface area contributed by atoms with Crippen molar-refractivity contribution >= 4 is 5.91 Å². The van der Waals surface area contributed by atoms with Crippen LogP contribution in [0.25, 0.3) is 0 Å². The molecular formula is C15H22N2O2. The van der Waals surface area contributed by atoms with Gasteiger partial charge in [-0.25, -0.2) is 0 Å². The normalized spacial score (nSPS) is 30.7. The van der Waals surface area contributed by atoms with Gasteiger partial charge < -0.3 is 15.1 Å². The molecule has 1 fully saturated rings. The van der Waals surface area contributed by atoms with E-state index < -0.39 is 0 Å². The van der Waals surface area contributed by atoms with Crippen LogP contribution in [0.15, 0.2) is 16.7 Å². The van der Waals surface area contributed by atoms with Gasteiger partial charge in [0.1, 0.15) is 5.76 Å². The summed E-state index contributed by atoms with van der Waals surface area (Å²) in [4.78, 5) is 12.4. The molecule has 3 rings (SSSR count). The van der Waals surface area contributed by atoms with Crippen molar-refractivity contribution in [3.05, 3.63) is 23.7 Å². The molecule has 1 amide bonds. The molecule has 2 N–H and O–H groups in total. The number of amides is 1. The number of hydrogen-bond acceptors (Lipinski definition) is 3. The van der Waals surface area contributed by atoms with Gasteiger partial charge in [0.15, 0.2) is 0 Å². The first-order valence-corrected chi connectivity index (χ1v) is 7.34. The summed E-state index contributed by atoms with van der Waals surface area (Å²) in [7, 11) is 0. The average Bonchev–Trinajstić information content (AvgIpc) is 2.88. The molecule has 1 aliphatic carbocycles. The quantitative estimate of drug-likeness (QED) is 0.858. The first-order chi connectivity index (χ1) is 9.24. The topological polar surface area (TPSA) is 54.3 Å². The van der Waals surface area contributed by atoms with Gasteiger partial charge in [-0.2, -0.15) is 0 Å². The molecule has 2 heterocycles. The van der Waals surface area contributed by atoms with Gasteiger partial charge in [-0.05, 0) is 45.2 Å². The summed E-state index contributed by atoms with van der Waals surface area (Å²) in [6, 6.07) is 2.60. The van der Waals surface area contributed by atoms with Crippen molar-refractivity contribution in [3.8, 4) is 0 Å². The molecule has 1 aromatic heterocycles. The van der Waals surface area contributed by atoms with Crippen molar-refractivity contribution in [1.29, 1.82) is 0 Å². The summed E-state index contributed by atoms with van der Waals surface area (Å²) in [5.41, 5.74) is 1.18. The summed E-state index contributed by atoms with van der Waals surface area (Å²) in [6.07, 6.45) is 6.74. The fourth-order valence-corrected chi connectivity index (χ4v) is 3.30. The van der Waals surface area contributed by atoms with Crippen LogP contribution in [0.5, 0.6) is 0 Å². The highest BCUT2D eigenvalue weighted by Gasteiger charge is 2.29. The van der Waals surface area contributed by atoms with E-state index in [1.165, 1.54) is 5.56 Å². The van der Waals surface area contributed by atoms with Gasteiger partial charge >= 0.3 is 0 Å². The predicted octanol–water partition coefficient (Wildman–Crippen LogP) is 2.16. The lowest BCUT2D eigenvalue weighted by molar-refractivity contribution is -0.127. The van der Waals surface area contributed by atoms with Crippen molar-refractivity contribution in [2.45, 2.75) is 51.1 Å². The Kier molecular flexibility index (Phi) is 3.60. The molecule has 104 valence electrons. The monoisotopic (exact) mass is 262 g/mol. The standard InChI is InChI=1S/C15H22N2O2/c1-10-9-11(5-7-16-10)15(18)17-13-3-2-4-14-12(13)6-8-19-14/h6,8,10-11,13,16H,2-5,7,9H2,1H3,(H,17,18). The highest BCUT2D eigenvalue weighted by atomic mass is 16.3. The van der Waals surface area contributed by atoms with E-state index in [4.69, 9.17) is 4.42 Å². The summed E-state index contributed by atoms with van der Waals surface area (Å²) >= 11 is 0. The molecule has 1 saturated heterocycles. The van der Waals surface area contributed by atoms with Gasteiger partial charge in [-0.3, -0.25) is 4.79 Å². The summed E-state index contributed by atoms with van der Waals surface area (Å²) < 4.78 is 5.47. The molecule has 19 heavy (non-hydrogen) atoms. The number of carbonyl (C=O) groups is 1. The van der Waals surface area contributed by atoms with Gasteiger partial charge in [0.25, 0.3) is 0 Å². The number of fused-ring (bicyclic) bond motifs is 1. The molecule has 0 radical (unpaired) electrons. The van der Waals surface area contributed by atoms with Crippen LogP contribution in [0.3, 0.4) is 0 Å². The Balaban J connectivity index is 1.64. The minimum atomic E-state index is 0.153. The molecular weight excluding hydrogens is 240 g/mol. The van der Waals surface area contributed by atoms with Gasteiger partial charge in [0.2, 0.25) is 5.91 Å². The van der Waals surface area contributed by atoms with Crippen molar-refractivity contribution in [1.82, 2.24) is 10.6 Å². The molecule has 0 spiro atoms. The molecule has 4 heteroatoms. The van der Waals surface area contributed by atoms with Crippen LogP contribution in [0.1, 0.15) is 50.0 Å². The number of nitrogens with one attached hydrogen (secondary N) is 2. The van der Waals surface area contributed by atoms with Crippen LogP contribution in [0.4, 0.5) is 0 Å². The molecule has 0 bridgehead atoms. The lowest BCUT2D eigenvalue weighted by atomic mass is 9.90. The van der Waals surface area contributed by atoms with Gasteiger partial charge in [-0.15, -0.1) is 0 Å². The summed E-state index contributed by atoms with van der Waals surface area (Å²) in [5, 5.41) is 6.61. The Morgan fingerprint density at radius 3 is 3.21 bits per heavy atom. The Morgan fingerprint density at radius 1 is 1.47 bits per heavy atom. The number of carbonyl (C=O) groups excluding carboxylic acids is 1. The first-order valence-electron chi connectivity index (χ1n) is 7.34. The second-order valence-corrected chi connectivity index (χ2v) is 5.83. The Morgan fingerprint density at radius 2 is 2.37 bits per heavy atom. The van der Waals surface area contributed by atoms with Gasteiger partial charge in [0, 0.05) is 23.9 Å². The number of hydrogen-bond donors (Lipinski definition) is 2. The van der Waals surface area contributed by atoms with Crippen LogP contribution in [-0.4, -0.2) is 18.5 Å². The maximum atomic E-state index is 12.4. The maximum absolute atomic E-state index is 12.4. The SMILES string of the molecule is CC1CC(C(=O)NC2CCCc3occc32)CCN1. The van der Waals surface area contributed by atoms with Crippen LogP contribution in [0, 0.1) is 5.92 Å². The lowest BCUT2D eigenvalue weighted by Crippen LogP contribution is -2.43. The molecule has 3 unspecified atom stereocenters. The first kappa shape index (κ1) is 12.7. The molecule has 1 aromatic rings. The second-order valence-electron chi connectivity index (χ2n) is 5.83. The van der Waals surface area contributed by atoms with E-state index in [-0.39, 0.29) is 17.9 Å². The number of piperidine rings is 1. The molecule has 2 aliphatic rings. The second kappa shape index (κ2) is 5.37. The number of rotatable bonds is 2. The van der Waals surface area contributed by atoms with Crippen molar-refractivity contribution < 1.29 is 9.21 Å². The Hall–Kier alpha value is -1.29. The fourth-order valence-electron chi connectivity index (χ4n) is 3.30. The zero-order valence-corrected chi connectivity index (χ0v) is 11.4. The molecule has 0 saturated carbocycles. The highest BCUT2D eigenvalue weighted by molar-refractivity contribution is 5.79.